The second-order valence-electron chi connectivity index (χ2n) is 4.02. The Morgan fingerprint density at radius 3 is 3.18 bits per heavy atom. The third kappa shape index (κ3) is 2.82. The molecular formula is C12H16N4O. The minimum absolute atomic E-state index is 0.0458. The van der Waals surface area contributed by atoms with Crippen LogP contribution < -0.4 is 11.1 Å². The van der Waals surface area contributed by atoms with Crippen molar-refractivity contribution in [3.05, 3.63) is 35.8 Å². The Morgan fingerprint density at radius 2 is 2.41 bits per heavy atom. The summed E-state index contributed by atoms with van der Waals surface area (Å²) in [5, 5.41) is 2.72. The Morgan fingerprint density at radius 1 is 1.59 bits per heavy atom. The van der Waals surface area contributed by atoms with Gasteiger partial charge in [-0.1, -0.05) is 0 Å². The minimum Gasteiger partial charge on any atom is -0.354 e. The molecule has 2 aromatic rings. The number of aromatic nitrogens is 2. The van der Waals surface area contributed by atoms with E-state index in [2.05, 4.69) is 10.3 Å². The molecule has 0 aliphatic heterocycles. The number of carbonyl (C=O) groups excluding carboxylic acids is 1. The number of nitrogens with zero attached hydrogens (tertiary/aromatic N) is 2. The Labute approximate surface area is 99.6 Å². The molecule has 0 fully saturated rings. The molecule has 0 aromatic carbocycles. The van der Waals surface area contributed by atoms with Gasteiger partial charge in [-0.25, -0.2) is 4.98 Å². The summed E-state index contributed by atoms with van der Waals surface area (Å²) >= 11 is 0. The topological polar surface area (TPSA) is 72.4 Å². The molecule has 0 aliphatic carbocycles. The number of pyridine rings is 1. The number of nitrogens with two attached hydrogens (primary N) is 1. The van der Waals surface area contributed by atoms with Gasteiger partial charge in [0.15, 0.2) is 0 Å². The Hall–Kier alpha value is -1.88. The molecule has 0 aliphatic rings. The smallest absolute Gasteiger partial charge is 0.226 e. The number of carbonyl (C=O) groups is 1. The molecule has 2 heterocycles. The van der Waals surface area contributed by atoms with Crippen LogP contribution in [0, 0.1) is 6.92 Å². The van der Waals surface area contributed by atoms with Crippen LogP contribution in [0.15, 0.2) is 24.5 Å². The molecule has 0 saturated heterocycles. The van der Waals surface area contributed by atoms with Crippen molar-refractivity contribution < 1.29 is 4.79 Å². The van der Waals surface area contributed by atoms with E-state index in [1.165, 1.54) is 0 Å². The van der Waals surface area contributed by atoms with Gasteiger partial charge in [0, 0.05) is 25.5 Å². The highest BCUT2D eigenvalue weighted by molar-refractivity contribution is 5.78. The van der Waals surface area contributed by atoms with Gasteiger partial charge >= 0.3 is 0 Å². The normalized spacial score (nSPS) is 10.7. The third-order valence-corrected chi connectivity index (χ3v) is 2.47. The fourth-order valence-electron chi connectivity index (χ4n) is 1.66. The maximum absolute atomic E-state index is 11.5. The van der Waals surface area contributed by atoms with Gasteiger partial charge in [0.05, 0.1) is 12.1 Å². The number of nitrogens with one attached hydrogen (secondary N) is 1. The number of fused-ring (bicyclic) bond motifs is 1. The average molecular weight is 232 g/mol. The molecule has 0 spiro atoms. The van der Waals surface area contributed by atoms with E-state index >= 15 is 0 Å². The average Bonchev–Trinajstić information content (AvgIpc) is 2.67. The maximum atomic E-state index is 11.5. The van der Waals surface area contributed by atoms with Crippen LogP contribution in [0.2, 0.25) is 0 Å². The molecule has 0 radical (unpaired) electrons. The molecule has 17 heavy (non-hydrogen) atoms. The molecule has 90 valence electrons. The zero-order valence-electron chi connectivity index (χ0n) is 9.81. The van der Waals surface area contributed by atoms with Crippen molar-refractivity contribution in [1.82, 2.24) is 14.7 Å². The first kappa shape index (κ1) is 11.6. The summed E-state index contributed by atoms with van der Waals surface area (Å²) in [7, 11) is 0. The Balaban J connectivity index is 2.11. The molecule has 2 aromatic heterocycles. The van der Waals surface area contributed by atoms with Crippen molar-refractivity contribution in [2.45, 2.75) is 13.3 Å². The summed E-state index contributed by atoms with van der Waals surface area (Å²) in [6.45, 7) is 2.98. The van der Waals surface area contributed by atoms with E-state index in [1.54, 1.807) is 0 Å². The van der Waals surface area contributed by atoms with Crippen molar-refractivity contribution >= 4 is 11.6 Å². The van der Waals surface area contributed by atoms with Crippen molar-refractivity contribution in [2.24, 2.45) is 5.73 Å². The summed E-state index contributed by atoms with van der Waals surface area (Å²) < 4.78 is 1.92. The Bertz CT molecular complexity index is 532. The first-order chi connectivity index (χ1) is 8.19. The van der Waals surface area contributed by atoms with Crippen LogP contribution in [0.5, 0.6) is 0 Å². The van der Waals surface area contributed by atoms with Crippen molar-refractivity contribution in [3.8, 4) is 0 Å². The number of hydrogen-bond donors (Lipinski definition) is 2. The number of amides is 1. The summed E-state index contributed by atoms with van der Waals surface area (Å²) in [6.07, 6.45) is 4.11. The lowest BCUT2D eigenvalue weighted by Gasteiger charge is -2.00. The highest BCUT2D eigenvalue weighted by atomic mass is 16.1. The van der Waals surface area contributed by atoms with Crippen LogP contribution in [-0.2, 0) is 11.2 Å². The van der Waals surface area contributed by atoms with E-state index in [9.17, 15) is 4.79 Å². The summed E-state index contributed by atoms with van der Waals surface area (Å²) in [4.78, 5) is 15.9. The van der Waals surface area contributed by atoms with Crippen LogP contribution in [0.4, 0.5) is 0 Å². The van der Waals surface area contributed by atoms with E-state index in [0.717, 1.165) is 16.9 Å². The molecule has 5 heteroatoms. The Kier molecular flexibility index (Phi) is 3.39. The molecule has 1 amide bonds. The first-order valence-corrected chi connectivity index (χ1v) is 5.60. The molecule has 5 nitrogen and oxygen atoms in total. The van der Waals surface area contributed by atoms with E-state index in [0.29, 0.717) is 19.5 Å². The van der Waals surface area contributed by atoms with Crippen molar-refractivity contribution in [3.63, 3.8) is 0 Å². The van der Waals surface area contributed by atoms with Gasteiger partial charge in [-0.2, -0.15) is 0 Å². The lowest BCUT2D eigenvalue weighted by atomic mass is 10.3. The van der Waals surface area contributed by atoms with E-state index in [4.69, 9.17) is 5.73 Å². The van der Waals surface area contributed by atoms with Crippen molar-refractivity contribution in [1.29, 1.82) is 0 Å². The lowest BCUT2D eigenvalue weighted by Crippen LogP contribution is -2.30. The predicted molar refractivity (Wildman–Crippen MR) is 65.7 cm³/mol. The molecule has 0 atom stereocenters. The summed E-state index contributed by atoms with van der Waals surface area (Å²) in [5.41, 5.74) is 8.10. The van der Waals surface area contributed by atoms with Gasteiger partial charge in [-0.15, -0.1) is 0 Å². The van der Waals surface area contributed by atoms with Gasteiger partial charge in [-0.05, 0) is 24.6 Å². The minimum atomic E-state index is -0.0458. The van der Waals surface area contributed by atoms with Gasteiger partial charge in [0.1, 0.15) is 5.65 Å². The number of imidazole rings is 1. The fraction of sp³-hybridized carbons (Fsp3) is 0.333. The second-order valence-corrected chi connectivity index (χ2v) is 4.02. The predicted octanol–water partition coefficient (Wildman–Crippen LogP) is 0.260. The van der Waals surface area contributed by atoms with E-state index < -0.39 is 0 Å². The molecule has 0 saturated carbocycles. The number of aryl methyl sites for hydroxylation is 1. The number of hydrogen-bond acceptors (Lipinski definition) is 3. The zero-order chi connectivity index (χ0) is 12.3. The van der Waals surface area contributed by atoms with Gasteiger partial charge < -0.3 is 15.5 Å². The van der Waals surface area contributed by atoms with Crippen LogP contribution >= 0.6 is 0 Å². The van der Waals surface area contributed by atoms with Crippen LogP contribution in [0.25, 0.3) is 5.65 Å². The lowest BCUT2D eigenvalue weighted by molar-refractivity contribution is -0.120. The largest absolute Gasteiger partial charge is 0.354 e. The van der Waals surface area contributed by atoms with Gasteiger partial charge in [0.25, 0.3) is 0 Å². The molecule has 0 unspecified atom stereocenters. The van der Waals surface area contributed by atoms with E-state index in [-0.39, 0.29) is 5.91 Å². The third-order valence-electron chi connectivity index (χ3n) is 2.47. The fourth-order valence-corrected chi connectivity index (χ4v) is 1.66. The summed E-state index contributed by atoms with van der Waals surface area (Å²) in [5.74, 6) is -0.0458. The highest BCUT2D eigenvalue weighted by Crippen LogP contribution is 2.07. The number of rotatable bonds is 4. The highest BCUT2D eigenvalue weighted by Gasteiger charge is 2.06. The van der Waals surface area contributed by atoms with Crippen LogP contribution in [0.1, 0.15) is 11.3 Å². The molecule has 2 rings (SSSR count). The molecule has 3 N–H and O–H groups in total. The van der Waals surface area contributed by atoms with E-state index in [1.807, 2.05) is 35.9 Å². The first-order valence-electron chi connectivity index (χ1n) is 5.60. The molecule has 0 bridgehead atoms. The zero-order valence-corrected chi connectivity index (χ0v) is 9.81. The standard InChI is InChI=1S/C12H16N4O/c1-9-2-5-16-8-10(15-11(16)6-9)7-12(17)14-4-3-13/h2,5-6,8H,3-4,7,13H2,1H3,(H,14,17). The second kappa shape index (κ2) is 4.97. The quantitative estimate of drug-likeness (QED) is 0.794. The SMILES string of the molecule is Cc1ccn2cc(CC(=O)NCCN)nc2c1. The van der Waals surface area contributed by atoms with Crippen LogP contribution in [0.3, 0.4) is 0 Å². The van der Waals surface area contributed by atoms with Gasteiger partial charge in [0.2, 0.25) is 5.91 Å². The van der Waals surface area contributed by atoms with Crippen molar-refractivity contribution in [2.75, 3.05) is 13.1 Å². The molecular weight excluding hydrogens is 216 g/mol. The monoisotopic (exact) mass is 232 g/mol. The summed E-state index contributed by atoms with van der Waals surface area (Å²) in [6, 6.07) is 3.99. The van der Waals surface area contributed by atoms with Gasteiger partial charge in [-0.3, -0.25) is 4.79 Å². The maximum Gasteiger partial charge on any atom is 0.226 e. The van der Waals surface area contributed by atoms with Crippen LogP contribution in [-0.4, -0.2) is 28.4 Å².